The number of nitrogens with one attached hydrogen (secondary N) is 1. The molecule has 2 aliphatic rings. The van der Waals surface area contributed by atoms with Crippen LogP contribution in [-0.4, -0.2) is 93.6 Å². The Morgan fingerprint density at radius 1 is 1.11 bits per heavy atom. The molecule has 0 unspecified atom stereocenters. The molecule has 0 bridgehead atoms. The molecule has 2 aliphatic heterocycles. The Morgan fingerprint density at radius 3 is 2.13 bits per heavy atom. The van der Waals surface area contributed by atoms with Crippen molar-refractivity contribution in [3.05, 3.63) is 12.4 Å². The molecule has 12 nitrogen and oxygen atoms in total. The van der Waals surface area contributed by atoms with Gasteiger partial charge >= 0.3 is 19.2 Å². The second-order valence-electron chi connectivity index (χ2n) is 12.1. The van der Waals surface area contributed by atoms with Gasteiger partial charge in [0.2, 0.25) is 11.9 Å². The van der Waals surface area contributed by atoms with E-state index in [-0.39, 0.29) is 19.0 Å². The number of carboxylic acids is 1. The Kier molecular flexibility index (Phi) is 8.33. The van der Waals surface area contributed by atoms with E-state index in [4.69, 9.17) is 14.0 Å². The molecule has 0 radical (unpaired) electrons. The lowest BCUT2D eigenvalue weighted by atomic mass is 9.81. The number of amides is 2. The third-order valence-corrected chi connectivity index (χ3v) is 7.02. The molecule has 1 aromatic rings. The minimum Gasteiger partial charge on any atom is -0.480 e. The zero-order valence-electron chi connectivity index (χ0n) is 23.8. The molecule has 1 aromatic heterocycles. The van der Waals surface area contributed by atoms with E-state index in [1.807, 2.05) is 27.7 Å². The largest absolute Gasteiger partial charge is 0.498 e. The lowest BCUT2D eigenvalue weighted by molar-refractivity contribution is -0.152. The molecule has 2 amide bonds. The fraction of sp³-hybridized carbons (Fsp3) is 0.720. The van der Waals surface area contributed by atoms with Crippen LogP contribution in [0.15, 0.2) is 12.4 Å². The topological polar surface area (TPSA) is 143 Å². The highest BCUT2D eigenvalue weighted by molar-refractivity contribution is 6.61. The predicted molar refractivity (Wildman–Crippen MR) is 141 cm³/mol. The number of nitrogens with zero attached hydrogens (tertiary/aromatic N) is 4. The first-order valence-electron chi connectivity index (χ1n) is 12.9. The summed E-state index contributed by atoms with van der Waals surface area (Å²) in [6.45, 7) is 17.0. The minimum absolute atomic E-state index is 0.00579. The van der Waals surface area contributed by atoms with Gasteiger partial charge in [0.25, 0.3) is 0 Å². The molecule has 0 aliphatic carbocycles. The quantitative estimate of drug-likeness (QED) is 0.516. The number of carboxylic acid groups (broad SMARTS) is 1. The van der Waals surface area contributed by atoms with Gasteiger partial charge in [0, 0.05) is 30.9 Å². The van der Waals surface area contributed by atoms with Gasteiger partial charge < -0.3 is 34.3 Å². The maximum Gasteiger partial charge on any atom is 0.498 e. The number of alkyl carbamates (subject to hydrolysis) is 1. The van der Waals surface area contributed by atoms with E-state index >= 15 is 0 Å². The standard InChI is InChI=1S/C25H40BN5O7/c1-15(2)18(29-22(35)36-23(3,4)5)19(32)31-11-10-30(14-17(31)20(33)34)21-27-12-16(13-28-21)26-37-24(6,7)25(8,9)38-26/h12-13,15,17-18H,10-11,14H2,1-9H3,(H,29,35)(H,33,34)/t17-,18-/m1/s1. The number of hydrogen-bond donors (Lipinski definition) is 2. The van der Waals surface area contributed by atoms with Crippen LogP contribution in [0.5, 0.6) is 0 Å². The van der Waals surface area contributed by atoms with E-state index in [9.17, 15) is 19.5 Å². The fourth-order valence-corrected chi connectivity index (χ4v) is 4.16. The van der Waals surface area contributed by atoms with Crippen molar-refractivity contribution in [3.8, 4) is 0 Å². The van der Waals surface area contributed by atoms with Crippen molar-refractivity contribution in [2.75, 3.05) is 24.5 Å². The summed E-state index contributed by atoms with van der Waals surface area (Å²) in [5.74, 6) is -1.57. The van der Waals surface area contributed by atoms with Crippen LogP contribution in [0.4, 0.5) is 10.7 Å². The normalized spacial score (nSPS) is 21.8. The van der Waals surface area contributed by atoms with Crippen molar-refractivity contribution < 1.29 is 33.5 Å². The number of anilines is 1. The lowest BCUT2D eigenvalue weighted by Gasteiger charge is -2.41. The summed E-state index contributed by atoms with van der Waals surface area (Å²) < 4.78 is 17.4. The Labute approximate surface area is 224 Å². The third kappa shape index (κ3) is 6.55. The van der Waals surface area contributed by atoms with Crippen LogP contribution in [0.25, 0.3) is 0 Å². The van der Waals surface area contributed by atoms with Gasteiger partial charge in [-0.15, -0.1) is 0 Å². The van der Waals surface area contributed by atoms with Crippen LogP contribution >= 0.6 is 0 Å². The maximum absolute atomic E-state index is 13.4. The average Bonchev–Trinajstić information content (AvgIpc) is 3.02. The highest BCUT2D eigenvalue weighted by Gasteiger charge is 2.52. The molecule has 0 spiro atoms. The second-order valence-corrected chi connectivity index (χ2v) is 12.1. The van der Waals surface area contributed by atoms with Crippen LogP contribution in [-0.2, 0) is 23.6 Å². The van der Waals surface area contributed by atoms with Gasteiger partial charge in [0.15, 0.2) is 0 Å². The van der Waals surface area contributed by atoms with Crippen molar-refractivity contribution in [1.29, 1.82) is 0 Å². The van der Waals surface area contributed by atoms with Crippen molar-refractivity contribution in [1.82, 2.24) is 20.2 Å². The third-order valence-electron chi connectivity index (χ3n) is 7.02. The van der Waals surface area contributed by atoms with Crippen molar-refractivity contribution in [2.45, 2.75) is 91.2 Å². The summed E-state index contributed by atoms with van der Waals surface area (Å²) in [5, 5.41) is 12.6. The highest BCUT2D eigenvalue weighted by Crippen LogP contribution is 2.36. The van der Waals surface area contributed by atoms with E-state index in [2.05, 4.69) is 15.3 Å². The Hall–Kier alpha value is -2.93. The summed E-state index contributed by atoms with van der Waals surface area (Å²) >= 11 is 0. The zero-order chi connectivity index (χ0) is 28.6. The smallest absolute Gasteiger partial charge is 0.480 e. The SMILES string of the molecule is CC(C)[C@@H](NC(=O)OC(C)(C)C)C(=O)N1CCN(c2ncc(B3OC(C)(C)C(C)(C)O3)cn2)C[C@@H]1C(=O)O. The number of hydrogen-bond acceptors (Lipinski definition) is 9. The first kappa shape index (κ1) is 29.6. The van der Waals surface area contributed by atoms with E-state index in [0.717, 1.165) is 0 Å². The number of piperazine rings is 1. The van der Waals surface area contributed by atoms with Crippen LogP contribution in [0.3, 0.4) is 0 Å². The monoisotopic (exact) mass is 533 g/mol. The summed E-state index contributed by atoms with van der Waals surface area (Å²) in [6, 6.07) is -2.09. The summed E-state index contributed by atoms with van der Waals surface area (Å²) in [6.07, 6.45) is 2.49. The number of rotatable bonds is 6. The average molecular weight is 533 g/mol. The molecule has 38 heavy (non-hydrogen) atoms. The molecule has 13 heteroatoms. The van der Waals surface area contributed by atoms with Crippen LogP contribution in [0.1, 0.15) is 62.3 Å². The first-order valence-corrected chi connectivity index (χ1v) is 12.9. The summed E-state index contributed by atoms with van der Waals surface area (Å²) in [5.41, 5.74) is -1.08. The van der Waals surface area contributed by atoms with Gasteiger partial charge in [-0.05, 0) is 54.4 Å². The molecular formula is C25H40BN5O7. The van der Waals surface area contributed by atoms with Gasteiger partial charge in [0.05, 0.1) is 17.7 Å². The van der Waals surface area contributed by atoms with Crippen LogP contribution in [0, 0.1) is 5.92 Å². The van der Waals surface area contributed by atoms with Crippen LogP contribution < -0.4 is 15.7 Å². The van der Waals surface area contributed by atoms with E-state index in [1.165, 1.54) is 4.90 Å². The van der Waals surface area contributed by atoms with Crippen LogP contribution in [0.2, 0.25) is 0 Å². The molecule has 210 valence electrons. The van der Waals surface area contributed by atoms with Gasteiger partial charge in [-0.2, -0.15) is 0 Å². The lowest BCUT2D eigenvalue weighted by Crippen LogP contribution is -2.63. The van der Waals surface area contributed by atoms with Crippen molar-refractivity contribution in [2.24, 2.45) is 5.92 Å². The first-order chi connectivity index (χ1) is 17.4. The number of ether oxygens (including phenoxy) is 1. The maximum atomic E-state index is 13.4. The number of aliphatic carboxylic acids is 1. The summed E-state index contributed by atoms with van der Waals surface area (Å²) in [7, 11) is -0.610. The molecule has 0 saturated carbocycles. The zero-order valence-corrected chi connectivity index (χ0v) is 23.8. The number of aromatic nitrogens is 2. The van der Waals surface area contributed by atoms with Crippen molar-refractivity contribution in [3.63, 3.8) is 0 Å². The molecule has 3 rings (SSSR count). The molecule has 0 aromatic carbocycles. The number of carbonyl (C=O) groups excluding carboxylic acids is 2. The molecule has 3 heterocycles. The van der Waals surface area contributed by atoms with Gasteiger partial charge in [-0.25, -0.2) is 19.6 Å². The predicted octanol–water partition coefficient (Wildman–Crippen LogP) is 1.43. The van der Waals surface area contributed by atoms with Crippen molar-refractivity contribution >= 4 is 36.5 Å². The summed E-state index contributed by atoms with van der Waals surface area (Å²) in [4.78, 5) is 49.8. The van der Waals surface area contributed by atoms with Gasteiger partial charge in [-0.3, -0.25) is 4.79 Å². The van der Waals surface area contributed by atoms with E-state index in [1.54, 1.807) is 51.9 Å². The molecule has 2 atom stereocenters. The Balaban J connectivity index is 1.71. The second kappa shape index (κ2) is 10.7. The number of carbonyl (C=O) groups is 3. The molecule has 2 saturated heterocycles. The molecule has 2 fully saturated rings. The van der Waals surface area contributed by atoms with Gasteiger partial charge in [-0.1, -0.05) is 13.8 Å². The fourth-order valence-electron chi connectivity index (χ4n) is 4.16. The molecular weight excluding hydrogens is 493 g/mol. The minimum atomic E-state index is -1.16. The Bertz CT molecular complexity index is 1030. The van der Waals surface area contributed by atoms with Gasteiger partial charge in [0.1, 0.15) is 17.7 Å². The van der Waals surface area contributed by atoms with E-state index < -0.39 is 54.0 Å². The van der Waals surface area contributed by atoms with E-state index in [0.29, 0.717) is 18.0 Å². The molecule has 2 N–H and O–H groups in total. The highest BCUT2D eigenvalue weighted by atomic mass is 16.7. The Morgan fingerprint density at radius 2 is 1.66 bits per heavy atom.